The Morgan fingerprint density at radius 3 is 2.41 bits per heavy atom. The van der Waals surface area contributed by atoms with Crippen LogP contribution >= 0.6 is 0 Å². The number of ether oxygens (including phenoxy) is 2. The van der Waals surface area contributed by atoms with Crippen LogP contribution in [0.2, 0.25) is 0 Å². The van der Waals surface area contributed by atoms with E-state index in [1.54, 1.807) is 12.1 Å². The molecular weight excluding hydrogens is 348 g/mol. The Hall–Kier alpha value is -3.11. The van der Waals surface area contributed by atoms with E-state index in [1.807, 2.05) is 26.0 Å². The second-order valence-corrected chi connectivity index (χ2v) is 6.30. The molecule has 0 amide bonds. The highest BCUT2D eigenvalue weighted by atomic mass is 16.5. The molecular formula is C20H22N2O5. The lowest BCUT2D eigenvalue weighted by Crippen LogP contribution is -2.29. The smallest absolute Gasteiger partial charge is 0.271 e. The fraction of sp³-hybridized carbons (Fsp3) is 0.350. The maximum absolute atomic E-state index is 12.7. The molecule has 142 valence electrons. The predicted octanol–water partition coefficient (Wildman–Crippen LogP) is 2.26. The van der Waals surface area contributed by atoms with Crippen molar-refractivity contribution < 1.29 is 19.4 Å². The summed E-state index contributed by atoms with van der Waals surface area (Å²) in [6, 6.07) is 7.39. The molecule has 2 rings (SSSR count). The number of aromatic nitrogens is 1. The molecule has 0 aliphatic carbocycles. The van der Waals surface area contributed by atoms with E-state index >= 15 is 0 Å². The Labute approximate surface area is 157 Å². The lowest BCUT2D eigenvalue weighted by Gasteiger charge is -2.15. The molecule has 0 aliphatic heterocycles. The van der Waals surface area contributed by atoms with Gasteiger partial charge in [0.1, 0.15) is 17.4 Å². The number of methoxy groups -OCH3 is 1. The molecule has 0 aliphatic rings. The minimum atomic E-state index is -0.656. The van der Waals surface area contributed by atoms with Crippen molar-refractivity contribution in [1.29, 1.82) is 5.26 Å². The quantitative estimate of drug-likeness (QED) is 0.750. The molecule has 7 heteroatoms. The lowest BCUT2D eigenvalue weighted by molar-refractivity contribution is 0.0915. The first kappa shape index (κ1) is 20.2. The van der Waals surface area contributed by atoms with Crippen molar-refractivity contribution in [2.24, 2.45) is 0 Å². The Balaban J connectivity index is 2.39. The van der Waals surface area contributed by atoms with E-state index < -0.39 is 17.2 Å². The molecule has 0 fully saturated rings. The summed E-state index contributed by atoms with van der Waals surface area (Å²) < 4.78 is 11.5. The maximum Gasteiger partial charge on any atom is 0.271 e. The Bertz CT molecular complexity index is 950. The summed E-state index contributed by atoms with van der Waals surface area (Å²) in [5.74, 6) is -0.472. The number of rotatable bonds is 7. The number of aryl methyl sites for hydroxylation is 2. The maximum atomic E-state index is 12.7. The second-order valence-electron chi connectivity index (χ2n) is 6.30. The Kier molecular flexibility index (Phi) is 6.37. The van der Waals surface area contributed by atoms with Crippen molar-refractivity contribution in [2.75, 3.05) is 20.3 Å². The highest BCUT2D eigenvalue weighted by molar-refractivity contribution is 6.01. The summed E-state index contributed by atoms with van der Waals surface area (Å²) in [7, 11) is 1.45. The third kappa shape index (κ3) is 4.36. The van der Waals surface area contributed by atoms with Gasteiger partial charge in [-0.2, -0.15) is 5.26 Å². The monoisotopic (exact) mass is 370 g/mol. The van der Waals surface area contributed by atoms with Gasteiger partial charge in [-0.15, -0.1) is 0 Å². The molecule has 7 nitrogen and oxygen atoms in total. The highest BCUT2D eigenvalue weighted by Crippen LogP contribution is 2.23. The molecule has 0 atom stereocenters. The van der Waals surface area contributed by atoms with Crippen LogP contribution in [0.25, 0.3) is 0 Å². The number of nitriles is 1. The van der Waals surface area contributed by atoms with Gasteiger partial charge in [0, 0.05) is 7.11 Å². The molecule has 0 saturated carbocycles. The second kappa shape index (κ2) is 8.52. The van der Waals surface area contributed by atoms with Gasteiger partial charge in [-0.1, -0.05) is 6.07 Å². The van der Waals surface area contributed by atoms with Crippen LogP contribution in [-0.2, 0) is 11.3 Å². The van der Waals surface area contributed by atoms with Crippen molar-refractivity contribution in [3.8, 4) is 17.7 Å². The van der Waals surface area contributed by atoms with Crippen molar-refractivity contribution in [3.05, 3.63) is 56.4 Å². The van der Waals surface area contributed by atoms with E-state index in [0.29, 0.717) is 5.75 Å². The SMILES string of the molecule is COCCn1c(O)c(C(=O)COc2cc(C)cc(C)c2)c(C)c(C#N)c1=O. The van der Waals surface area contributed by atoms with Crippen molar-refractivity contribution in [2.45, 2.75) is 27.3 Å². The first-order chi connectivity index (χ1) is 12.8. The fourth-order valence-corrected chi connectivity index (χ4v) is 2.91. The summed E-state index contributed by atoms with van der Waals surface area (Å²) in [6.45, 7) is 5.14. The van der Waals surface area contributed by atoms with Gasteiger partial charge < -0.3 is 14.6 Å². The molecule has 1 aromatic carbocycles. The third-order valence-corrected chi connectivity index (χ3v) is 4.16. The molecule has 0 spiro atoms. The van der Waals surface area contributed by atoms with Crippen LogP contribution in [-0.4, -0.2) is 35.8 Å². The number of aromatic hydroxyl groups is 1. The summed E-state index contributed by atoms with van der Waals surface area (Å²) in [5.41, 5.74) is 1.21. The standard InChI is InChI=1S/C20H22N2O5/c1-12-7-13(2)9-15(8-12)27-11-17(23)18-14(3)16(10-21)19(24)22(20(18)25)5-6-26-4/h7-9,25H,5-6,11H2,1-4H3. The number of carbonyl (C=O) groups is 1. The van der Waals surface area contributed by atoms with Gasteiger partial charge in [-0.05, 0) is 49.6 Å². The molecule has 0 saturated heterocycles. The first-order valence-electron chi connectivity index (χ1n) is 8.39. The van der Waals surface area contributed by atoms with Gasteiger partial charge >= 0.3 is 0 Å². The van der Waals surface area contributed by atoms with Gasteiger partial charge in [0.05, 0.1) is 18.7 Å². The zero-order valence-electron chi connectivity index (χ0n) is 15.8. The third-order valence-electron chi connectivity index (χ3n) is 4.16. The number of pyridine rings is 1. The molecule has 0 bridgehead atoms. The molecule has 1 heterocycles. The fourth-order valence-electron chi connectivity index (χ4n) is 2.91. The zero-order chi connectivity index (χ0) is 20.1. The topological polar surface area (TPSA) is 102 Å². The number of Topliss-reactive ketones (excluding diaryl/α,β-unsaturated/α-hetero) is 1. The number of ketones is 1. The Morgan fingerprint density at radius 2 is 1.85 bits per heavy atom. The summed E-state index contributed by atoms with van der Waals surface area (Å²) in [6.07, 6.45) is 0. The average molecular weight is 370 g/mol. The summed E-state index contributed by atoms with van der Waals surface area (Å²) in [5, 5.41) is 19.8. The van der Waals surface area contributed by atoms with E-state index in [4.69, 9.17) is 9.47 Å². The van der Waals surface area contributed by atoms with Crippen LogP contribution in [0, 0.1) is 32.1 Å². The lowest BCUT2D eigenvalue weighted by atomic mass is 10.0. The van der Waals surface area contributed by atoms with Gasteiger partial charge in [0.2, 0.25) is 11.7 Å². The average Bonchev–Trinajstić information content (AvgIpc) is 2.59. The van der Waals surface area contributed by atoms with Gasteiger partial charge in [0.15, 0.2) is 6.61 Å². The molecule has 2 aromatic rings. The summed E-state index contributed by atoms with van der Waals surface area (Å²) in [4.78, 5) is 25.1. The summed E-state index contributed by atoms with van der Waals surface area (Å²) >= 11 is 0. The van der Waals surface area contributed by atoms with Crippen LogP contribution in [0.1, 0.15) is 32.6 Å². The number of benzene rings is 1. The zero-order valence-corrected chi connectivity index (χ0v) is 15.8. The van der Waals surface area contributed by atoms with Gasteiger partial charge in [-0.25, -0.2) is 0 Å². The number of hydrogen-bond donors (Lipinski definition) is 1. The minimum Gasteiger partial charge on any atom is -0.494 e. The van der Waals surface area contributed by atoms with Crippen LogP contribution in [0.15, 0.2) is 23.0 Å². The van der Waals surface area contributed by atoms with Crippen LogP contribution < -0.4 is 10.3 Å². The van der Waals surface area contributed by atoms with E-state index in [-0.39, 0.29) is 36.4 Å². The minimum absolute atomic E-state index is 0.0222. The normalized spacial score (nSPS) is 10.5. The Morgan fingerprint density at radius 1 is 1.22 bits per heavy atom. The molecule has 1 aromatic heterocycles. The van der Waals surface area contributed by atoms with Crippen molar-refractivity contribution in [1.82, 2.24) is 4.57 Å². The largest absolute Gasteiger partial charge is 0.494 e. The molecule has 27 heavy (non-hydrogen) atoms. The van der Waals surface area contributed by atoms with Crippen LogP contribution in [0.5, 0.6) is 11.6 Å². The molecule has 0 unspecified atom stereocenters. The van der Waals surface area contributed by atoms with Crippen molar-refractivity contribution >= 4 is 5.78 Å². The number of nitrogens with zero attached hydrogens (tertiary/aromatic N) is 2. The first-order valence-corrected chi connectivity index (χ1v) is 8.39. The van der Waals surface area contributed by atoms with Gasteiger partial charge in [0.25, 0.3) is 5.56 Å². The molecule has 1 N–H and O–H groups in total. The van der Waals surface area contributed by atoms with Crippen LogP contribution in [0.3, 0.4) is 0 Å². The molecule has 0 radical (unpaired) electrons. The highest BCUT2D eigenvalue weighted by Gasteiger charge is 2.24. The van der Waals surface area contributed by atoms with E-state index in [2.05, 4.69) is 0 Å². The number of hydrogen-bond acceptors (Lipinski definition) is 6. The van der Waals surface area contributed by atoms with E-state index in [1.165, 1.54) is 14.0 Å². The van der Waals surface area contributed by atoms with Crippen molar-refractivity contribution in [3.63, 3.8) is 0 Å². The predicted molar refractivity (Wildman–Crippen MR) is 99.4 cm³/mol. The van der Waals surface area contributed by atoms with Gasteiger partial charge in [-0.3, -0.25) is 14.2 Å². The number of carbonyl (C=O) groups excluding carboxylic acids is 1. The van der Waals surface area contributed by atoms with E-state index in [9.17, 15) is 20.0 Å². The van der Waals surface area contributed by atoms with E-state index in [0.717, 1.165) is 15.7 Å². The van der Waals surface area contributed by atoms with Crippen LogP contribution in [0.4, 0.5) is 0 Å².